The Morgan fingerprint density at radius 1 is 1.07 bits per heavy atom. The van der Waals surface area contributed by atoms with Crippen LogP contribution in [0.4, 0.5) is 0 Å². The molecule has 6 nitrogen and oxygen atoms in total. The molecule has 0 aliphatic heterocycles. The molecule has 0 spiro atoms. The number of nitrogens with zero attached hydrogens (tertiary/aromatic N) is 5. The van der Waals surface area contributed by atoms with Gasteiger partial charge in [-0.25, -0.2) is 0 Å². The molecule has 2 aromatic heterocycles. The van der Waals surface area contributed by atoms with E-state index >= 15 is 0 Å². The van der Waals surface area contributed by atoms with Crippen LogP contribution < -0.4 is 0 Å². The van der Waals surface area contributed by atoms with E-state index in [1.54, 1.807) is 11.8 Å². The molecule has 30 heavy (non-hydrogen) atoms. The van der Waals surface area contributed by atoms with Crippen LogP contribution in [0.1, 0.15) is 36.4 Å². The Morgan fingerprint density at radius 2 is 1.83 bits per heavy atom. The molecule has 0 bridgehead atoms. The van der Waals surface area contributed by atoms with Gasteiger partial charge in [-0.3, -0.25) is 0 Å². The van der Waals surface area contributed by atoms with Gasteiger partial charge < -0.3 is 9.09 Å². The molecule has 2 aromatic carbocycles. The zero-order valence-corrected chi connectivity index (χ0v) is 19.2. The molecule has 154 valence electrons. The van der Waals surface area contributed by atoms with Gasteiger partial charge in [-0.05, 0) is 31.0 Å². The quantitative estimate of drug-likeness (QED) is 0.297. The molecule has 0 aliphatic carbocycles. The number of aromatic nitrogens is 5. The summed E-state index contributed by atoms with van der Waals surface area (Å²) in [6, 6.07) is 18.6. The highest BCUT2D eigenvalue weighted by Crippen LogP contribution is 2.35. The predicted octanol–water partition coefficient (Wildman–Crippen LogP) is 5.75. The van der Waals surface area contributed by atoms with Crippen molar-refractivity contribution in [1.82, 2.24) is 24.9 Å². The summed E-state index contributed by atoms with van der Waals surface area (Å²) in [5, 5.41) is 13.8. The van der Waals surface area contributed by atoms with Gasteiger partial charge in [0.25, 0.3) is 0 Å². The SMILES string of the molecule is CCc1noc(C(C)Sc2nnc(-c3ccc(Br)cc3)n2CCc2ccccc2)n1. The molecule has 8 heteroatoms. The molecule has 0 fully saturated rings. The lowest BCUT2D eigenvalue weighted by Crippen LogP contribution is -2.06. The third-order valence-electron chi connectivity index (χ3n) is 4.72. The van der Waals surface area contributed by atoms with Crippen molar-refractivity contribution >= 4 is 27.7 Å². The monoisotopic (exact) mass is 483 g/mol. The van der Waals surface area contributed by atoms with Crippen LogP contribution in [-0.4, -0.2) is 24.9 Å². The van der Waals surface area contributed by atoms with Crippen LogP contribution in [0.25, 0.3) is 11.4 Å². The van der Waals surface area contributed by atoms with Crippen LogP contribution in [0.2, 0.25) is 0 Å². The molecule has 4 rings (SSSR count). The molecule has 0 radical (unpaired) electrons. The van der Waals surface area contributed by atoms with Crippen LogP contribution in [0, 0.1) is 0 Å². The highest BCUT2D eigenvalue weighted by atomic mass is 79.9. The average molecular weight is 484 g/mol. The summed E-state index contributed by atoms with van der Waals surface area (Å²) in [4.78, 5) is 4.46. The van der Waals surface area contributed by atoms with Gasteiger partial charge in [0.05, 0.1) is 5.25 Å². The van der Waals surface area contributed by atoms with Gasteiger partial charge in [0.1, 0.15) is 0 Å². The molecule has 1 atom stereocenters. The number of thioether (sulfide) groups is 1. The van der Waals surface area contributed by atoms with Gasteiger partial charge in [-0.1, -0.05) is 82.2 Å². The molecule has 2 heterocycles. The summed E-state index contributed by atoms with van der Waals surface area (Å²) >= 11 is 5.08. The number of halogens is 1. The minimum atomic E-state index is -0.0183. The highest BCUT2D eigenvalue weighted by Gasteiger charge is 2.21. The number of benzene rings is 2. The van der Waals surface area contributed by atoms with E-state index in [9.17, 15) is 0 Å². The largest absolute Gasteiger partial charge is 0.338 e. The summed E-state index contributed by atoms with van der Waals surface area (Å²) in [5.74, 6) is 2.19. The average Bonchev–Trinajstić information content (AvgIpc) is 3.41. The second kappa shape index (κ2) is 9.57. The van der Waals surface area contributed by atoms with Crippen LogP contribution >= 0.6 is 27.7 Å². The number of rotatable bonds is 8. The van der Waals surface area contributed by atoms with Crippen molar-refractivity contribution in [3.05, 3.63) is 76.3 Å². The molecular weight excluding hydrogens is 462 g/mol. The fourth-order valence-electron chi connectivity index (χ4n) is 3.06. The van der Waals surface area contributed by atoms with E-state index in [0.717, 1.165) is 46.2 Å². The topological polar surface area (TPSA) is 69.6 Å². The Labute approximate surface area is 188 Å². The molecule has 0 amide bonds. The zero-order valence-electron chi connectivity index (χ0n) is 16.8. The molecule has 4 aromatic rings. The van der Waals surface area contributed by atoms with Crippen molar-refractivity contribution in [3.63, 3.8) is 0 Å². The van der Waals surface area contributed by atoms with Crippen molar-refractivity contribution in [1.29, 1.82) is 0 Å². The Balaban J connectivity index is 1.62. The number of hydrogen-bond acceptors (Lipinski definition) is 6. The van der Waals surface area contributed by atoms with Crippen LogP contribution in [0.15, 0.2) is 68.7 Å². The molecule has 0 aliphatic rings. The predicted molar refractivity (Wildman–Crippen MR) is 121 cm³/mol. The standard InChI is InChI=1S/C22H22BrN5OS/c1-3-19-24-21(29-27-19)15(2)30-22-26-25-20(17-9-11-18(23)12-10-17)28(22)14-13-16-7-5-4-6-8-16/h4-12,15H,3,13-14H2,1-2H3. The van der Waals surface area contributed by atoms with Crippen molar-refractivity contribution in [2.24, 2.45) is 0 Å². The van der Waals surface area contributed by atoms with E-state index < -0.39 is 0 Å². The first kappa shape index (κ1) is 20.8. The lowest BCUT2D eigenvalue weighted by molar-refractivity contribution is 0.375. The first-order chi connectivity index (χ1) is 14.6. The van der Waals surface area contributed by atoms with Crippen LogP contribution in [0.3, 0.4) is 0 Å². The van der Waals surface area contributed by atoms with Crippen molar-refractivity contribution < 1.29 is 4.52 Å². The molecule has 0 saturated carbocycles. The fraction of sp³-hybridized carbons (Fsp3) is 0.273. The second-order valence-electron chi connectivity index (χ2n) is 6.86. The summed E-state index contributed by atoms with van der Waals surface area (Å²) in [6.45, 7) is 4.84. The Hall–Kier alpha value is -2.45. The summed E-state index contributed by atoms with van der Waals surface area (Å²) in [5.41, 5.74) is 2.31. The summed E-state index contributed by atoms with van der Waals surface area (Å²) < 4.78 is 8.63. The molecule has 0 N–H and O–H groups in total. The van der Waals surface area contributed by atoms with Crippen molar-refractivity contribution in [3.8, 4) is 11.4 Å². The van der Waals surface area contributed by atoms with E-state index in [0.29, 0.717) is 5.89 Å². The highest BCUT2D eigenvalue weighted by molar-refractivity contribution is 9.10. The minimum absolute atomic E-state index is 0.0183. The van der Waals surface area contributed by atoms with Gasteiger partial charge in [-0.2, -0.15) is 4.98 Å². The van der Waals surface area contributed by atoms with Gasteiger partial charge in [0, 0.05) is 23.0 Å². The molecule has 1 unspecified atom stereocenters. The maximum atomic E-state index is 5.42. The number of hydrogen-bond donors (Lipinski definition) is 0. The Bertz CT molecular complexity index is 1090. The number of aryl methyl sites for hydroxylation is 2. The maximum Gasteiger partial charge on any atom is 0.239 e. The molecular formula is C22H22BrN5OS. The molecule has 0 saturated heterocycles. The van der Waals surface area contributed by atoms with Crippen LogP contribution in [0.5, 0.6) is 0 Å². The van der Waals surface area contributed by atoms with E-state index in [4.69, 9.17) is 4.52 Å². The van der Waals surface area contributed by atoms with Crippen LogP contribution in [-0.2, 0) is 19.4 Å². The van der Waals surface area contributed by atoms with Gasteiger partial charge in [0.15, 0.2) is 16.8 Å². The fourth-order valence-corrected chi connectivity index (χ4v) is 4.23. The lowest BCUT2D eigenvalue weighted by atomic mass is 10.1. The lowest BCUT2D eigenvalue weighted by Gasteiger charge is -2.12. The van der Waals surface area contributed by atoms with Crippen molar-refractivity contribution in [2.75, 3.05) is 0 Å². The first-order valence-corrected chi connectivity index (χ1v) is 11.5. The minimum Gasteiger partial charge on any atom is -0.338 e. The Morgan fingerprint density at radius 3 is 2.53 bits per heavy atom. The van der Waals surface area contributed by atoms with Gasteiger partial charge in [0.2, 0.25) is 5.89 Å². The smallest absolute Gasteiger partial charge is 0.239 e. The zero-order chi connectivity index (χ0) is 20.9. The second-order valence-corrected chi connectivity index (χ2v) is 9.09. The summed E-state index contributed by atoms with van der Waals surface area (Å²) in [7, 11) is 0. The van der Waals surface area contributed by atoms with E-state index in [-0.39, 0.29) is 5.25 Å². The van der Waals surface area contributed by atoms with Gasteiger partial charge >= 0.3 is 0 Å². The first-order valence-electron chi connectivity index (χ1n) is 9.86. The maximum absolute atomic E-state index is 5.42. The Kier molecular flexibility index (Phi) is 6.64. The summed E-state index contributed by atoms with van der Waals surface area (Å²) in [6.07, 6.45) is 1.65. The third kappa shape index (κ3) is 4.82. The van der Waals surface area contributed by atoms with E-state index in [2.05, 4.69) is 77.2 Å². The van der Waals surface area contributed by atoms with E-state index in [1.807, 2.05) is 32.0 Å². The normalized spacial score (nSPS) is 12.2. The van der Waals surface area contributed by atoms with Crippen molar-refractivity contribution in [2.45, 2.75) is 43.6 Å². The van der Waals surface area contributed by atoms with Gasteiger partial charge in [-0.15, -0.1) is 10.2 Å². The van der Waals surface area contributed by atoms with E-state index in [1.165, 1.54) is 5.56 Å². The third-order valence-corrected chi connectivity index (χ3v) is 6.31.